The highest BCUT2D eigenvalue weighted by molar-refractivity contribution is 4.69. The molecule has 0 radical (unpaired) electrons. The lowest BCUT2D eigenvalue weighted by atomic mass is 10.3. The number of hydrogen-bond acceptors (Lipinski definition) is 2. The third-order valence-electron chi connectivity index (χ3n) is 0.783. The Kier molecular flexibility index (Phi) is 6.27. The summed E-state index contributed by atoms with van der Waals surface area (Å²) < 4.78 is 4.95. The molecule has 9 heavy (non-hydrogen) atoms. The fraction of sp³-hybridized carbons (Fsp3) is 0.571. The van der Waals surface area contributed by atoms with Crippen molar-refractivity contribution in [2.45, 2.75) is 19.8 Å². The minimum atomic E-state index is 0.581. The summed E-state index contributed by atoms with van der Waals surface area (Å²) in [5.74, 6) is 0. The minimum Gasteiger partial charge on any atom is -0.502 e. The molecule has 0 aromatic carbocycles. The molecule has 0 amide bonds. The molecule has 0 aliphatic carbocycles. The Balaban J connectivity index is 2.85. The molecule has 0 unspecified atom stereocenters. The number of ether oxygens (including phenoxy) is 1. The van der Waals surface area contributed by atoms with Crippen molar-refractivity contribution in [2.75, 3.05) is 6.61 Å². The molecule has 0 saturated heterocycles. The van der Waals surface area contributed by atoms with Crippen LogP contribution in [0.5, 0.6) is 0 Å². The van der Waals surface area contributed by atoms with Gasteiger partial charge in [-0.1, -0.05) is 6.08 Å². The van der Waals surface area contributed by atoms with Crippen molar-refractivity contribution in [3.63, 3.8) is 0 Å². The Bertz CT molecular complexity index is 113. The zero-order valence-electron chi connectivity index (χ0n) is 5.63. The maximum Gasteiger partial charge on any atom is 0.0883 e. The quantitative estimate of drug-likeness (QED) is 0.424. The third-order valence-corrected chi connectivity index (χ3v) is 0.783. The van der Waals surface area contributed by atoms with E-state index < -0.39 is 0 Å². The van der Waals surface area contributed by atoms with Crippen molar-refractivity contribution < 1.29 is 4.74 Å². The average Bonchev–Trinajstić information content (AvgIpc) is 1.89. The van der Waals surface area contributed by atoms with Gasteiger partial charge in [0.25, 0.3) is 0 Å². The maximum absolute atomic E-state index is 8.10. The second kappa shape index (κ2) is 7.03. The number of unbranched alkanes of at least 4 members (excludes halogenated alkanes) is 1. The Morgan fingerprint density at radius 1 is 1.67 bits per heavy atom. The van der Waals surface area contributed by atoms with Crippen LogP contribution in [0.4, 0.5) is 0 Å². The molecule has 2 heteroatoms. The van der Waals surface area contributed by atoms with Gasteiger partial charge in [0.2, 0.25) is 0 Å². The number of nitriles is 1. The van der Waals surface area contributed by atoms with Crippen LogP contribution in [0.2, 0.25) is 0 Å². The summed E-state index contributed by atoms with van der Waals surface area (Å²) >= 11 is 0. The van der Waals surface area contributed by atoms with Crippen LogP contribution in [0.25, 0.3) is 0 Å². The second-order valence-electron chi connectivity index (χ2n) is 1.60. The first-order valence-electron chi connectivity index (χ1n) is 3.01. The van der Waals surface area contributed by atoms with E-state index in [1.165, 1.54) is 0 Å². The van der Waals surface area contributed by atoms with Crippen LogP contribution in [0.3, 0.4) is 0 Å². The van der Waals surface area contributed by atoms with Crippen molar-refractivity contribution in [3.05, 3.63) is 12.3 Å². The van der Waals surface area contributed by atoms with E-state index in [9.17, 15) is 0 Å². The molecule has 2 nitrogen and oxygen atoms in total. The lowest BCUT2D eigenvalue weighted by molar-refractivity contribution is 0.246. The van der Waals surface area contributed by atoms with Gasteiger partial charge < -0.3 is 4.74 Å². The standard InChI is InChI=1S/C7H11NO/c1-2-6-9-7-4-3-5-8/h2,6H,3-4,7H2,1H3. The molecule has 0 bridgehead atoms. The van der Waals surface area contributed by atoms with Gasteiger partial charge in [0.15, 0.2) is 0 Å². The molecule has 0 N–H and O–H groups in total. The van der Waals surface area contributed by atoms with E-state index in [4.69, 9.17) is 10.00 Å². The number of allylic oxidation sites excluding steroid dienone is 1. The summed E-state index contributed by atoms with van der Waals surface area (Å²) in [6.07, 6.45) is 4.86. The Morgan fingerprint density at radius 3 is 3.00 bits per heavy atom. The van der Waals surface area contributed by atoms with Gasteiger partial charge in [-0.2, -0.15) is 5.26 Å². The smallest absolute Gasteiger partial charge is 0.0883 e. The molecule has 0 aliphatic heterocycles. The van der Waals surface area contributed by atoms with Gasteiger partial charge in [0, 0.05) is 6.42 Å². The SMILES string of the molecule is CC=COCCCC#N. The van der Waals surface area contributed by atoms with Crippen molar-refractivity contribution in [1.82, 2.24) is 0 Å². The topological polar surface area (TPSA) is 33.0 Å². The number of hydrogen-bond donors (Lipinski definition) is 0. The summed E-state index contributed by atoms with van der Waals surface area (Å²) in [5, 5.41) is 8.10. The van der Waals surface area contributed by atoms with Crippen LogP contribution in [0, 0.1) is 11.3 Å². The predicted octanol–water partition coefficient (Wildman–Crippen LogP) is 1.84. The van der Waals surface area contributed by atoms with E-state index in [0.717, 1.165) is 6.42 Å². The van der Waals surface area contributed by atoms with Crippen LogP contribution < -0.4 is 0 Å². The van der Waals surface area contributed by atoms with Crippen molar-refractivity contribution in [1.29, 1.82) is 5.26 Å². The van der Waals surface area contributed by atoms with Crippen molar-refractivity contribution >= 4 is 0 Å². The minimum absolute atomic E-state index is 0.581. The van der Waals surface area contributed by atoms with E-state index in [-0.39, 0.29) is 0 Å². The highest BCUT2D eigenvalue weighted by Gasteiger charge is 1.81. The predicted molar refractivity (Wildman–Crippen MR) is 35.6 cm³/mol. The molecule has 0 heterocycles. The zero-order valence-corrected chi connectivity index (χ0v) is 5.63. The van der Waals surface area contributed by atoms with Crippen LogP contribution in [0.15, 0.2) is 12.3 Å². The number of rotatable bonds is 4. The average molecular weight is 125 g/mol. The van der Waals surface area contributed by atoms with Gasteiger partial charge in [0.05, 0.1) is 18.9 Å². The summed E-state index contributed by atoms with van der Waals surface area (Å²) in [7, 11) is 0. The summed E-state index contributed by atoms with van der Waals surface area (Å²) in [4.78, 5) is 0. The molecule has 0 fully saturated rings. The maximum atomic E-state index is 8.10. The highest BCUT2D eigenvalue weighted by atomic mass is 16.5. The fourth-order valence-electron chi connectivity index (χ4n) is 0.399. The third kappa shape index (κ3) is 7.03. The zero-order chi connectivity index (χ0) is 6.95. The molecule has 0 aliphatic rings. The summed E-state index contributed by atoms with van der Waals surface area (Å²) in [5.41, 5.74) is 0. The van der Waals surface area contributed by atoms with Crippen molar-refractivity contribution in [2.24, 2.45) is 0 Å². The normalized spacial score (nSPS) is 9.33. The molecule has 50 valence electrons. The molecular formula is C7H11NO. The van der Waals surface area contributed by atoms with Gasteiger partial charge in [0.1, 0.15) is 0 Å². The first kappa shape index (κ1) is 8.03. The van der Waals surface area contributed by atoms with E-state index in [1.54, 1.807) is 6.26 Å². The summed E-state index contributed by atoms with van der Waals surface area (Å²) in [6.45, 7) is 2.54. The molecular weight excluding hydrogens is 114 g/mol. The Hall–Kier alpha value is -0.970. The van der Waals surface area contributed by atoms with Gasteiger partial charge in [-0.3, -0.25) is 0 Å². The monoisotopic (exact) mass is 125 g/mol. The molecule has 0 spiro atoms. The van der Waals surface area contributed by atoms with Gasteiger partial charge in [-0.15, -0.1) is 0 Å². The molecule has 0 aromatic heterocycles. The van der Waals surface area contributed by atoms with Gasteiger partial charge in [-0.05, 0) is 13.3 Å². The second-order valence-corrected chi connectivity index (χ2v) is 1.60. The lowest BCUT2D eigenvalue weighted by Crippen LogP contribution is -1.84. The fourth-order valence-corrected chi connectivity index (χ4v) is 0.399. The first-order chi connectivity index (χ1) is 4.41. The molecule has 0 atom stereocenters. The van der Waals surface area contributed by atoms with Gasteiger partial charge in [-0.25, -0.2) is 0 Å². The van der Waals surface area contributed by atoms with Crippen LogP contribution in [-0.4, -0.2) is 6.61 Å². The van der Waals surface area contributed by atoms with Crippen LogP contribution in [0.1, 0.15) is 19.8 Å². The Labute approximate surface area is 55.7 Å². The highest BCUT2D eigenvalue weighted by Crippen LogP contribution is 1.87. The van der Waals surface area contributed by atoms with Gasteiger partial charge >= 0.3 is 0 Å². The van der Waals surface area contributed by atoms with E-state index in [1.807, 2.05) is 19.1 Å². The van der Waals surface area contributed by atoms with Crippen LogP contribution in [-0.2, 0) is 4.74 Å². The van der Waals surface area contributed by atoms with E-state index in [2.05, 4.69) is 0 Å². The van der Waals surface area contributed by atoms with Crippen molar-refractivity contribution in [3.8, 4) is 6.07 Å². The first-order valence-corrected chi connectivity index (χ1v) is 3.01. The van der Waals surface area contributed by atoms with E-state index in [0.29, 0.717) is 13.0 Å². The molecule has 0 rings (SSSR count). The molecule has 0 saturated carbocycles. The molecule has 0 aromatic rings. The largest absolute Gasteiger partial charge is 0.502 e. The van der Waals surface area contributed by atoms with Crippen LogP contribution >= 0.6 is 0 Å². The summed E-state index contributed by atoms with van der Waals surface area (Å²) in [6, 6.07) is 2.04. The van der Waals surface area contributed by atoms with E-state index >= 15 is 0 Å². The number of nitrogens with zero attached hydrogens (tertiary/aromatic N) is 1. The lowest BCUT2D eigenvalue weighted by Gasteiger charge is -1.94. The Morgan fingerprint density at radius 2 is 2.44 bits per heavy atom.